The molecule has 6 N–H and O–H groups in total. The smallest absolute Gasteiger partial charge is 0.176 e. The number of aliphatic hydroxyl groups excluding tert-OH is 3. The van der Waals surface area contributed by atoms with Crippen molar-refractivity contribution in [2.24, 2.45) is 5.73 Å². The van der Waals surface area contributed by atoms with Crippen molar-refractivity contribution in [3.63, 3.8) is 0 Å². The van der Waals surface area contributed by atoms with Gasteiger partial charge >= 0.3 is 0 Å². The molecule has 118 valence electrons. The quantitative estimate of drug-likeness (QED) is 0.406. The molecule has 2 rings (SSSR count). The molecule has 1 aliphatic heterocycles. The van der Waals surface area contributed by atoms with E-state index < -0.39 is 30.6 Å². The summed E-state index contributed by atoms with van der Waals surface area (Å²) in [7, 11) is 0. The van der Waals surface area contributed by atoms with Crippen molar-refractivity contribution in [1.29, 1.82) is 0 Å². The standard InChI is InChI=1S/C14H22N2O5/c15-11-10(6-17)21-14(12(13(11)19)16-8-18)20-7-9-4-2-1-3-5-9/h1-5,10-14,16-19H,6-8,15H2. The van der Waals surface area contributed by atoms with E-state index in [0.717, 1.165) is 5.56 Å². The fourth-order valence-corrected chi connectivity index (χ4v) is 2.35. The van der Waals surface area contributed by atoms with Crippen LogP contribution in [0.4, 0.5) is 0 Å². The normalized spacial score (nSPS) is 33.0. The summed E-state index contributed by atoms with van der Waals surface area (Å²) in [5.41, 5.74) is 6.76. The largest absolute Gasteiger partial charge is 0.394 e. The Hall–Kier alpha value is -1.06. The van der Waals surface area contributed by atoms with E-state index in [1.54, 1.807) is 0 Å². The third-order valence-electron chi connectivity index (χ3n) is 3.56. The molecule has 0 aromatic heterocycles. The molecule has 0 saturated carbocycles. The van der Waals surface area contributed by atoms with Gasteiger partial charge in [-0.25, -0.2) is 0 Å². The van der Waals surface area contributed by atoms with Gasteiger partial charge in [0.15, 0.2) is 6.29 Å². The molecule has 1 fully saturated rings. The van der Waals surface area contributed by atoms with Crippen LogP contribution >= 0.6 is 0 Å². The van der Waals surface area contributed by atoms with Crippen LogP contribution in [0.2, 0.25) is 0 Å². The summed E-state index contributed by atoms with van der Waals surface area (Å²) in [5, 5.41) is 31.1. The van der Waals surface area contributed by atoms with E-state index in [1.165, 1.54) is 0 Å². The minimum atomic E-state index is -0.996. The van der Waals surface area contributed by atoms with Crippen LogP contribution in [0, 0.1) is 0 Å². The summed E-state index contributed by atoms with van der Waals surface area (Å²) < 4.78 is 11.2. The number of aliphatic hydroxyl groups is 3. The Kier molecular flexibility index (Phi) is 6.07. The predicted octanol–water partition coefficient (Wildman–Crippen LogP) is -1.48. The summed E-state index contributed by atoms with van der Waals surface area (Å²) in [6.07, 6.45) is -2.52. The lowest BCUT2D eigenvalue weighted by Gasteiger charge is -2.42. The predicted molar refractivity (Wildman–Crippen MR) is 75.0 cm³/mol. The lowest BCUT2D eigenvalue weighted by atomic mass is 9.95. The Morgan fingerprint density at radius 1 is 1.24 bits per heavy atom. The number of ether oxygens (including phenoxy) is 2. The highest BCUT2D eigenvalue weighted by Crippen LogP contribution is 2.21. The fraction of sp³-hybridized carbons (Fsp3) is 0.571. The van der Waals surface area contributed by atoms with Crippen LogP contribution < -0.4 is 11.1 Å². The first-order valence-corrected chi connectivity index (χ1v) is 6.87. The first-order chi connectivity index (χ1) is 10.2. The van der Waals surface area contributed by atoms with Gasteiger partial charge in [0.2, 0.25) is 0 Å². The minimum Gasteiger partial charge on any atom is -0.394 e. The fourth-order valence-electron chi connectivity index (χ4n) is 2.35. The van der Waals surface area contributed by atoms with Crippen LogP contribution in [-0.2, 0) is 16.1 Å². The van der Waals surface area contributed by atoms with E-state index in [4.69, 9.17) is 20.3 Å². The van der Waals surface area contributed by atoms with Crippen LogP contribution in [0.3, 0.4) is 0 Å². The Morgan fingerprint density at radius 2 is 1.95 bits per heavy atom. The van der Waals surface area contributed by atoms with Crippen LogP contribution in [0.25, 0.3) is 0 Å². The second kappa shape index (κ2) is 7.81. The van der Waals surface area contributed by atoms with Crippen molar-refractivity contribution in [3.05, 3.63) is 35.9 Å². The molecule has 0 bridgehead atoms. The monoisotopic (exact) mass is 298 g/mol. The highest BCUT2D eigenvalue weighted by atomic mass is 16.7. The molecule has 0 aliphatic carbocycles. The maximum absolute atomic E-state index is 10.2. The summed E-state index contributed by atoms with van der Waals surface area (Å²) in [4.78, 5) is 0. The molecule has 0 spiro atoms. The molecule has 0 radical (unpaired) electrons. The molecule has 1 aliphatic rings. The van der Waals surface area contributed by atoms with Gasteiger partial charge in [-0.1, -0.05) is 30.3 Å². The van der Waals surface area contributed by atoms with Crippen molar-refractivity contribution in [2.45, 2.75) is 37.2 Å². The molecule has 5 unspecified atom stereocenters. The molecular weight excluding hydrogens is 276 g/mol. The molecule has 1 saturated heterocycles. The summed E-state index contributed by atoms with van der Waals surface area (Å²) in [6, 6.07) is 8.08. The zero-order valence-corrected chi connectivity index (χ0v) is 11.6. The van der Waals surface area contributed by atoms with Gasteiger partial charge < -0.3 is 30.5 Å². The molecular formula is C14H22N2O5. The van der Waals surface area contributed by atoms with Crippen molar-refractivity contribution < 1.29 is 24.8 Å². The number of benzene rings is 1. The van der Waals surface area contributed by atoms with E-state index in [2.05, 4.69) is 5.32 Å². The Bertz CT molecular complexity index is 419. The van der Waals surface area contributed by atoms with Crippen LogP contribution in [0.15, 0.2) is 30.3 Å². The van der Waals surface area contributed by atoms with E-state index in [9.17, 15) is 10.2 Å². The van der Waals surface area contributed by atoms with E-state index in [-0.39, 0.29) is 19.9 Å². The van der Waals surface area contributed by atoms with Gasteiger partial charge in [-0.15, -0.1) is 0 Å². The number of rotatable bonds is 6. The lowest BCUT2D eigenvalue weighted by molar-refractivity contribution is -0.249. The maximum Gasteiger partial charge on any atom is 0.176 e. The van der Waals surface area contributed by atoms with Crippen molar-refractivity contribution in [1.82, 2.24) is 5.32 Å². The average molecular weight is 298 g/mol. The van der Waals surface area contributed by atoms with Gasteiger partial charge in [-0.2, -0.15) is 0 Å². The molecule has 21 heavy (non-hydrogen) atoms. The van der Waals surface area contributed by atoms with E-state index in [0.29, 0.717) is 0 Å². The third-order valence-corrected chi connectivity index (χ3v) is 3.56. The van der Waals surface area contributed by atoms with Crippen LogP contribution in [-0.4, -0.2) is 59.2 Å². The topological polar surface area (TPSA) is 117 Å². The molecule has 1 aromatic carbocycles. The minimum absolute atomic E-state index is 0.287. The molecule has 1 heterocycles. The molecule has 7 heteroatoms. The Morgan fingerprint density at radius 3 is 2.57 bits per heavy atom. The number of nitrogens with two attached hydrogens (primary N) is 1. The SMILES string of the molecule is NC1C(CO)OC(OCc2ccccc2)C(NCO)C1O. The Labute approximate surface area is 123 Å². The van der Waals surface area contributed by atoms with Gasteiger partial charge in [-0.3, -0.25) is 5.32 Å². The summed E-state index contributed by atoms with van der Waals surface area (Å²) in [5.74, 6) is 0. The molecule has 1 aromatic rings. The average Bonchev–Trinajstić information content (AvgIpc) is 2.52. The zero-order chi connectivity index (χ0) is 15.2. The highest BCUT2D eigenvalue weighted by molar-refractivity contribution is 5.13. The van der Waals surface area contributed by atoms with E-state index >= 15 is 0 Å². The number of nitrogens with one attached hydrogen (secondary N) is 1. The first kappa shape index (κ1) is 16.3. The first-order valence-electron chi connectivity index (χ1n) is 6.87. The van der Waals surface area contributed by atoms with E-state index in [1.807, 2.05) is 30.3 Å². The Balaban J connectivity index is 2.02. The van der Waals surface area contributed by atoms with Crippen LogP contribution in [0.1, 0.15) is 5.56 Å². The van der Waals surface area contributed by atoms with Gasteiger partial charge in [0.25, 0.3) is 0 Å². The van der Waals surface area contributed by atoms with Gasteiger partial charge in [-0.05, 0) is 5.56 Å². The third kappa shape index (κ3) is 3.98. The van der Waals surface area contributed by atoms with Gasteiger partial charge in [0, 0.05) is 0 Å². The molecule has 0 amide bonds. The number of hydrogen-bond donors (Lipinski definition) is 5. The second-order valence-corrected chi connectivity index (χ2v) is 4.98. The lowest BCUT2D eigenvalue weighted by Crippen LogP contribution is -2.66. The summed E-state index contributed by atoms with van der Waals surface area (Å²) in [6.45, 7) is -0.364. The summed E-state index contributed by atoms with van der Waals surface area (Å²) >= 11 is 0. The maximum atomic E-state index is 10.2. The van der Waals surface area contributed by atoms with Crippen LogP contribution in [0.5, 0.6) is 0 Å². The van der Waals surface area contributed by atoms with Crippen molar-refractivity contribution >= 4 is 0 Å². The molecule has 5 atom stereocenters. The van der Waals surface area contributed by atoms with Gasteiger partial charge in [0.1, 0.15) is 6.10 Å². The number of hydrogen-bond acceptors (Lipinski definition) is 7. The zero-order valence-electron chi connectivity index (χ0n) is 11.6. The highest BCUT2D eigenvalue weighted by Gasteiger charge is 2.43. The van der Waals surface area contributed by atoms with Crippen molar-refractivity contribution in [2.75, 3.05) is 13.3 Å². The second-order valence-electron chi connectivity index (χ2n) is 4.98. The van der Waals surface area contributed by atoms with Gasteiger partial charge in [0.05, 0.1) is 38.1 Å². The van der Waals surface area contributed by atoms with Crippen molar-refractivity contribution in [3.8, 4) is 0 Å². The molecule has 7 nitrogen and oxygen atoms in total.